The fourth-order valence-electron chi connectivity index (χ4n) is 1.21. The summed E-state index contributed by atoms with van der Waals surface area (Å²) in [6.45, 7) is 4.45. The molecule has 3 atom stereocenters. The minimum Gasteiger partial charge on any atom is -0.351 e. The van der Waals surface area contributed by atoms with Crippen LogP contribution in [0.1, 0.15) is 20.3 Å². The van der Waals surface area contributed by atoms with E-state index in [1.807, 2.05) is 13.8 Å². The van der Waals surface area contributed by atoms with Crippen molar-refractivity contribution in [3.8, 4) is 0 Å². The van der Waals surface area contributed by atoms with Gasteiger partial charge in [-0.25, -0.2) is 0 Å². The van der Waals surface area contributed by atoms with Crippen molar-refractivity contribution in [1.82, 2.24) is 0 Å². The van der Waals surface area contributed by atoms with Crippen molar-refractivity contribution in [3.63, 3.8) is 0 Å². The van der Waals surface area contributed by atoms with E-state index in [9.17, 15) is 0 Å². The number of hydrogen-bond acceptors (Lipinski definition) is 4. The molecule has 0 saturated carbocycles. The first kappa shape index (κ1) is 9.92. The predicted molar refractivity (Wildman–Crippen MR) is 46.5 cm³/mol. The van der Waals surface area contributed by atoms with Gasteiger partial charge in [0, 0.05) is 18.5 Å². The van der Waals surface area contributed by atoms with Crippen molar-refractivity contribution in [2.75, 3.05) is 6.61 Å². The Balaban J connectivity index is 2.30. The van der Waals surface area contributed by atoms with E-state index in [0.29, 0.717) is 13.0 Å². The second kappa shape index (κ2) is 4.18. The predicted octanol–water partition coefficient (Wildman–Crippen LogP) is -0.188. The molecule has 4 heteroatoms. The standard InChI is InChI=1S/C8H18N2O2/c1-5(2)12-8-3-6(9)7(10)4-11-8/h5-8H,3-4,9-10H2,1-2H3. The lowest BCUT2D eigenvalue weighted by Gasteiger charge is -2.32. The summed E-state index contributed by atoms with van der Waals surface area (Å²) in [5, 5.41) is 0. The molecule has 1 saturated heterocycles. The molecular formula is C8H18N2O2. The number of rotatable bonds is 2. The Morgan fingerprint density at radius 2 is 2.00 bits per heavy atom. The maximum Gasteiger partial charge on any atom is 0.159 e. The molecular weight excluding hydrogens is 156 g/mol. The Labute approximate surface area is 73.2 Å². The fourth-order valence-corrected chi connectivity index (χ4v) is 1.21. The van der Waals surface area contributed by atoms with Gasteiger partial charge in [0.25, 0.3) is 0 Å². The van der Waals surface area contributed by atoms with E-state index in [-0.39, 0.29) is 24.5 Å². The Morgan fingerprint density at radius 1 is 1.33 bits per heavy atom. The van der Waals surface area contributed by atoms with Crippen LogP contribution in [0.5, 0.6) is 0 Å². The molecule has 0 aromatic rings. The monoisotopic (exact) mass is 174 g/mol. The zero-order valence-electron chi connectivity index (χ0n) is 7.69. The molecule has 72 valence electrons. The Kier molecular flexibility index (Phi) is 3.46. The average Bonchev–Trinajstić information content (AvgIpc) is 1.96. The fraction of sp³-hybridized carbons (Fsp3) is 1.00. The summed E-state index contributed by atoms with van der Waals surface area (Å²) in [6, 6.07) is -0.0421. The van der Waals surface area contributed by atoms with E-state index in [1.165, 1.54) is 0 Å². The van der Waals surface area contributed by atoms with Crippen LogP contribution >= 0.6 is 0 Å². The molecule has 3 unspecified atom stereocenters. The van der Waals surface area contributed by atoms with Crippen LogP contribution in [0.25, 0.3) is 0 Å². The second-order valence-electron chi connectivity index (χ2n) is 3.51. The molecule has 1 fully saturated rings. The van der Waals surface area contributed by atoms with Gasteiger partial charge in [-0.2, -0.15) is 0 Å². The summed E-state index contributed by atoms with van der Waals surface area (Å²) in [5.41, 5.74) is 11.4. The first-order valence-electron chi connectivity index (χ1n) is 4.38. The molecule has 1 aliphatic rings. The molecule has 0 aromatic heterocycles. The zero-order valence-corrected chi connectivity index (χ0v) is 7.69. The highest BCUT2D eigenvalue weighted by Crippen LogP contribution is 2.14. The summed E-state index contributed by atoms with van der Waals surface area (Å²) in [6.07, 6.45) is 0.704. The lowest BCUT2D eigenvalue weighted by Crippen LogP contribution is -2.52. The molecule has 0 aliphatic carbocycles. The number of hydrogen-bond donors (Lipinski definition) is 2. The molecule has 4 nitrogen and oxygen atoms in total. The van der Waals surface area contributed by atoms with Crippen LogP contribution in [0.3, 0.4) is 0 Å². The Bertz CT molecular complexity index is 141. The smallest absolute Gasteiger partial charge is 0.159 e. The SMILES string of the molecule is CC(C)OC1CC(N)C(N)CO1. The Morgan fingerprint density at radius 3 is 2.50 bits per heavy atom. The molecule has 4 N–H and O–H groups in total. The molecule has 12 heavy (non-hydrogen) atoms. The van der Waals surface area contributed by atoms with E-state index < -0.39 is 0 Å². The number of nitrogens with two attached hydrogens (primary N) is 2. The van der Waals surface area contributed by atoms with Crippen LogP contribution in [-0.2, 0) is 9.47 Å². The topological polar surface area (TPSA) is 70.5 Å². The van der Waals surface area contributed by atoms with E-state index in [4.69, 9.17) is 20.9 Å². The molecule has 0 spiro atoms. The van der Waals surface area contributed by atoms with Crippen molar-refractivity contribution in [3.05, 3.63) is 0 Å². The van der Waals surface area contributed by atoms with Gasteiger partial charge < -0.3 is 20.9 Å². The minimum atomic E-state index is -0.167. The molecule has 0 radical (unpaired) electrons. The van der Waals surface area contributed by atoms with Gasteiger partial charge in [-0.3, -0.25) is 0 Å². The quantitative estimate of drug-likeness (QED) is 0.609. The van der Waals surface area contributed by atoms with Crippen molar-refractivity contribution in [2.24, 2.45) is 11.5 Å². The zero-order chi connectivity index (χ0) is 9.14. The summed E-state index contributed by atoms with van der Waals surface area (Å²) in [7, 11) is 0. The van der Waals surface area contributed by atoms with Crippen LogP contribution in [0.15, 0.2) is 0 Å². The largest absolute Gasteiger partial charge is 0.351 e. The van der Waals surface area contributed by atoms with Crippen molar-refractivity contribution < 1.29 is 9.47 Å². The highest BCUT2D eigenvalue weighted by atomic mass is 16.7. The molecule has 0 bridgehead atoms. The lowest BCUT2D eigenvalue weighted by molar-refractivity contribution is -0.187. The minimum absolute atomic E-state index is 0.00231. The summed E-state index contributed by atoms with van der Waals surface area (Å²) in [5.74, 6) is 0. The van der Waals surface area contributed by atoms with Gasteiger partial charge >= 0.3 is 0 Å². The van der Waals surface area contributed by atoms with Crippen LogP contribution in [0.4, 0.5) is 0 Å². The molecule has 1 heterocycles. The third-order valence-electron chi connectivity index (χ3n) is 1.91. The van der Waals surface area contributed by atoms with E-state index >= 15 is 0 Å². The summed E-state index contributed by atoms with van der Waals surface area (Å²) in [4.78, 5) is 0. The second-order valence-corrected chi connectivity index (χ2v) is 3.51. The van der Waals surface area contributed by atoms with Gasteiger partial charge in [-0.05, 0) is 13.8 Å². The lowest BCUT2D eigenvalue weighted by atomic mass is 10.1. The van der Waals surface area contributed by atoms with E-state index in [1.54, 1.807) is 0 Å². The van der Waals surface area contributed by atoms with E-state index in [0.717, 1.165) is 0 Å². The molecule has 1 rings (SSSR count). The van der Waals surface area contributed by atoms with Crippen molar-refractivity contribution >= 4 is 0 Å². The van der Waals surface area contributed by atoms with Crippen molar-refractivity contribution in [2.45, 2.75) is 44.7 Å². The Hall–Kier alpha value is -0.160. The van der Waals surface area contributed by atoms with Crippen LogP contribution in [-0.4, -0.2) is 31.1 Å². The third kappa shape index (κ3) is 2.71. The van der Waals surface area contributed by atoms with Gasteiger partial charge in [0.2, 0.25) is 0 Å². The van der Waals surface area contributed by atoms with Gasteiger partial charge in [0.15, 0.2) is 6.29 Å². The molecule has 0 aromatic carbocycles. The van der Waals surface area contributed by atoms with Crippen LogP contribution < -0.4 is 11.5 Å². The maximum atomic E-state index is 5.76. The molecule has 0 amide bonds. The third-order valence-corrected chi connectivity index (χ3v) is 1.91. The molecule has 1 aliphatic heterocycles. The number of ether oxygens (including phenoxy) is 2. The van der Waals surface area contributed by atoms with E-state index in [2.05, 4.69) is 0 Å². The summed E-state index contributed by atoms with van der Waals surface area (Å²) < 4.78 is 10.8. The summed E-state index contributed by atoms with van der Waals surface area (Å²) >= 11 is 0. The maximum absolute atomic E-state index is 5.76. The first-order chi connectivity index (χ1) is 5.59. The highest BCUT2D eigenvalue weighted by molar-refractivity contribution is 4.81. The normalized spacial score (nSPS) is 37.2. The first-order valence-corrected chi connectivity index (χ1v) is 4.38. The van der Waals surface area contributed by atoms with Gasteiger partial charge in [0.05, 0.1) is 12.7 Å². The van der Waals surface area contributed by atoms with Crippen LogP contribution in [0.2, 0.25) is 0 Å². The average molecular weight is 174 g/mol. The highest BCUT2D eigenvalue weighted by Gasteiger charge is 2.26. The van der Waals surface area contributed by atoms with Gasteiger partial charge in [0.1, 0.15) is 0 Å². The van der Waals surface area contributed by atoms with Gasteiger partial charge in [-0.1, -0.05) is 0 Å². The van der Waals surface area contributed by atoms with Crippen LogP contribution in [0, 0.1) is 0 Å². The van der Waals surface area contributed by atoms with Gasteiger partial charge in [-0.15, -0.1) is 0 Å². The van der Waals surface area contributed by atoms with Crippen molar-refractivity contribution in [1.29, 1.82) is 0 Å².